The molecule has 0 heterocycles. The minimum Gasteiger partial charge on any atom is -0.295 e. The van der Waals surface area contributed by atoms with Gasteiger partial charge in [0.15, 0.2) is 5.78 Å². The first-order valence-corrected chi connectivity index (χ1v) is 6.36. The Morgan fingerprint density at radius 2 is 2.31 bits per heavy atom. The van der Waals surface area contributed by atoms with Crippen molar-refractivity contribution in [2.24, 2.45) is 11.8 Å². The van der Waals surface area contributed by atoms with Gasteiger partial charge in [-0.3, -0.25) is 4.79 Å². The van der Waals surface area contributed by atoms with E-state index < -0.39 is 0 Å². The molecule has 0 aromatic heterocycles. The van der Waals surface area contributed by atoms with Crippen LogP contribution in [-0.4, -0.2) is 5.78 Å². The van der Waals surface area contributed by atoms with Crippen LogP contribution in [0.25, 0.3) is 0 Å². The van der Waals surface area contributed by atoms with Gasteiger partial charge in [0.05, 0.1) is 0 Å². The van der Waals surface area contributed by atoms with Crippen LogP contribution in [0.3, 0.4) is 0 Å². The lowest BCUT2D eigenvalue weighted by molar-refractivity contribution is -0.115. The van der Waals surface area contributed by atoms with E-state index in [1.807, 2.05) is 6.08 Å². The summed E-state index contributed by atoms with van der Waals surface area (Å²) >= 11 is 0. The average Bonchev–Trinajstić information content (AvgIpc) is 2.35. The number of allylic oxidation sites excluding steroid dienone is 3. The van der Waals surface area contributed by atoms with Gasteiger partial charge in [0.25, 0.3) is 0 Å². The molecule has 2 atom stereocenters. The van der Waals surface area contributed by atoms with Gasteiger partial charge in [-0.15, -0.1) is 6.58 Å². The largest absolute Gasteiger partial charge is 0.295 e. The van der Waals surface area contributed by atoms with E-state index in [0.717, 1.165) is 32.1 Å². The van der Waals surface area contributed by atoms with Crippen molar-refractivity contribution in [2.45, 2.75) is 52.9 Å². The summed E-state index contributed by atoms with van der Waals surface area (Å²) in [7, 11) is 0. The van der Waals surface area contributed by atoms with Crippen molar-refractivity contribution >= 4 is 5.78 Å². The van der Waals surface area contributed by atoms with E-state index in [2.05, 4.69) is 27.4 Å². The van der Waals surface area contributed by atoms with Crippen molar-refractivity contribution in [1.29, 1.82) is 0 Å². The van der Waals surface area contributed by atoms with Crippen LogP contribution in [0, 0.1) is 11.8 Å². The van der Waals surface area contributed by atoms with Crippen LogP contribution in [-0.2, 0) is 4.79 Å². The van der Waals surface area contributed by atoms with Gasteiger partial charge in [0.1, 0.15) is 0 Å². The van der Waals surface area contributed by atoms with E-state index in [-0.39, 0.29) is 0 Å². The van der Waals surface area contributed by atoms with Crippen molar-refractivity contribution < 1.29 is 4.79 Å². The van der Waals surface area contributed by atoms with Crippen LogP contribution in [0.1, 0.15) is 52.9 Å². The molecule has 16 heavy (non-hydrogen) atoms. The molecule has 90 valence electrons. The lowest BCUT2D eigenvalue weighted by Gasteiger charge is -2.15. The smallest absolute Gasteiger partial charge is 0.155 e. The molecule has 1 aliphatic carbocycles. The van der Waals surface area contributed by atoms with Crippen LogP contribution >= 0.6 is 0 Å². The first-order valence-electron chi connectivity index (χ1n) is 6.36. The minimum absolute atomic E-state index is 0.321. The van der Waals surface area contributed by atoms with Crippen LogP contribution in [0.4, 0.5) is 0 Å². The topological polar surface area (TPSA) is 17.1 Å². The zero-order valence-corrected chi connectivity index (χ0v) is 10.9. The zero-order valence-electron chi connectivity index (χ0n) is 10.9. The molecule has 0 bridgehead atoms. The molecule has 0 aliphatic heterocycles. The van der Waals surface area contributed by atoms with E-state index in [4.69, 9.17) is 0 Å². The molecule has 0 amide bonds. The zero-order chi connectivity index (χ0) is 12.1. The normalized spacial score (nSPS) is 23.6. The van der Waals surface area contributed by atoms with Gasteiger partial charge in [0.2, 0.25) is 0 Å². The average molecular weight is 220 g/mol. The molecule has 1 aliphatic rings. The fourth-order valence-corrected chi connectivity index (χ4v) is 2.23. The van der Waals surface area contributed by atoms with Crippen LogP contribution in [0.5, 0.6) is 0 Å². The van der Waals surface area contributed by atoms with E-state index in [9.17, 15) is 4.79 Å². The summed E-state index contributed by atoms with van der Waals surface area (Å²) in [5.41, 5.74) is 2.59. The third kappa shape index (κ3) is 4.34. The van der Waals surface area contributed by atoms with E-state index in [1.165, 1.54) is 11.1 Å². The molecule has 0 N–H and O–H groups in total. The second-order valence-electron chi connectivity index (χ2n) is 5.43. The minimum atomic E-state index is 0.321. The van der Waals surface area contributed by atoms with Crippen molar-refractivity contribution in [3.63, 3.8) is 0 Å². The lowest BCUT2D eigenvalue weighted by Crippen LogP contribution is -2.01. The number of ketones is 1. The number of carbonyl (C=O) groups is 1. The second kappa shape index (κ2) is 6.03. The molecule has 0 radical (unpaired) electrons. The summed E-state index contributed by atoms with van der Waals surface area (Å²) in [5.74, 6) is 1.41. The molecule has 1 nitrogen and oxygen atoms in total. The summed E-state index contributed by atoms with van der Waals surface area (Å²) in [6.07, 6.45) is 7.10. The van der Waals surface area contributed by atoms with Crippen LogP contribution in [0.2, 0.25) is 0 Å². The molecule has 0 saturated carbocycles. The number of hydrogen-bond donors (Lipinski definition) is 0. The molecule has 1 heteroatoms. The molecule has 0 spiro atoms. The van der Waals surface area contributed by atoms with Crippen molar-refractivity contribution in [3.8, 4) is 0 Å². The highest BCUT2D eigenvalue weighted by Crippen LogP contribution is 2.28. The lowest BCUT2D eigenvalue weighted by atomic mass is 9.90. The van der Waals surface area contributed by atoms with E-state index >= 15 is 0 Å². The molecule has 0 aromatic rings. The third-order valence-corrected chi connectivity index (χ3v) is 3.46. The fourth-order valence-electron chi connectivity index (χ4n) is 2.23. The summed E-state index contributed by atoms with van der Waals surface area (Å²) in [6.45, 7) is 10.4. The van der Waals surface area contributed by atoms with E-state index in [0.29, 0.717) is 17.6 Å². The van der Waals surface area contributed by atoms with Gasteiger partial charge >= 0.3 is 0 Å². The molecular weight excluding hydrogens is 196 g/mol. The van der Waals surface area contributed by atoms with Crippen molar-refractivity contribution in [1.82, 2.24) is 0 Å². The summed E-state index contributed by atoms with van der Waals surface area (Å²) in [6, 6.07) is 0. The maximum atomic E-state index is 11.7. The Hall–Kier alpha value is -0.850. The first-order chi connectivity index (χ1) is 7.49. The second-order valence-corrected chi connectivity index (χ2v) is 5.43. The predicted octanol–water partition coefficient (Wildman–Crippen LogP) is 4.29. The highest BCUT2D eigenvalue weighted by Gasteiger charge is 2.17. The molecule has 0 unspecified atom stereocenters. The monoisotopic (exact) mass is 220 g/mol. The highest BCUT2D eigenvalue weighted by molar-refractivity contribution is 5.90. The van der Waals surface area contributed by atoms with Gasteiger partial charge in [-0.25, -0.2) is 0 Å². The van der Waals surface area contributed by atoms with Crippen LogP contribution in [0.15, 0.2) is 23.8 Å². The van der Waals surface area contributed by atoms with Gasteiger partial charge in [-0.1, -0.05) is 25.0 Å². The van der Waals surface area contributed by atoms with E-state index in [1.54, 1.807) is 0 Å². The van der Waals surface area contributed by atoms with Gasteiger partial charge < -0.3 is 0 Å². The Bertz CT molecular complexity index is 299. The summed E-state index contributed by atoms with van der Waals surface area (Å²) in [4.78, 5) is 11.7. The summed E-state index contributed by atoms with van der Waals surface area (Å²) < 4.78 is 0. The highest BCUT2D eigenvalue weighted by atomic mass is 16.1. The van der Waals surface area contributed by atoms with Gasteiger partial charge in [-0.05, 0) is 50.5 Å². The molecule has 0 saturated heterocycles. The number of carbonyl (C=O) groups excluding carboxylic acids is 1. The Kier molecular flexibility index (Phi) is 4.98. The third-order valence-electron chi connectivity index (χ3n) is 3.46. The van der Waals surface area contributed by atoms with Gasteiger partial charge in [0, 0.05) is 6.42 Å². The number of rotatable bonds is 4. The predicted molar refractivity (Wildman–Crippen MR) is 69.3 cm³/mol. The summed E-state index contributed by atoms with van der Waals surface area (Å²) in [5, 5.41) is 0. The molecule has 0 aromatic carbocycles. The number of hydrogen-bond acceptors (Lipinski definition) is 1. The molecular formula is C15H24O. The van der Waals surface area contributed by atoms with Gasteiger partial charge in [-0.2, -0.15) is 0 Å². The SMILES string of the molecule is C=C(C)CC[C@H](C)C1=CC(=O)C[C@H](C)CC1. The molecule has 1 rings (SSSR count). The standard InChI is InChI=1S/C15H24O/c1-11(2)5-7-13(4)14-8-6-12(3)9-15(16)10-14/h10,12-13H,1,5-9H2,2-4H3/t12-,13+/m1/s1. The Morgan fingerprint density at radius 3 is 2.94 bits per heavy atom. The quantitative estimate of drug-likeness (QED) is 0.646. The Morgan fingerprint density at radius 1 is 1.62 bits per heavy atom. The Labute approximate surface area is 99.6 Å². The fraction of sp³-hybridized carbons (Fsp3) is 0.667. The maximum absolute atomic E-state index is 11.7. The van der Waals surface area contributed by atoms with Crippen molar-refractivity contribution in [2.75, 3.05) is 0 Å². The van der Waals surface area contributed by atoms with Crippen LogP contribution < -0.4 is 0 Å². The first kappa shape index (κ1) is 13.2. The maximum Gasteiger partial charge on any atom is 0.155 e. The molecule has 0 fully saturated rings. The van der Waals surface area contributed by atoms with Crippen molar-refractivity contribution in [3.05, 3.63) is 23.8 Å². The Balaban J connectivity index is 2.57.